The van der Waals surface area contributed by atoms with Crippen LogP contribution in [0.15, 0.2) is 24.5 Å². The molecule has 0 fully saturated rings. The molecule has 0 radical (unpaired) electrons. The molecule has 0 aliphatic carbocycles. The molecule has 1 aromatic carbocycles. The number of anilines is 3. The van der Waals surface area contributed by atoms with Crippen LogP contribution in [-0.4, -0.2) is 28.2 Å². The Morgan fingerprint density at radius 3 is 2.73 bits per heavy atom. The number of hydrogen-bond acceptors (Lipinski definition) is 6. The number of aryl methyl sites for hydroxylation is 1. The van der Waals surface area contributed by atoms with E-state index in [2.05, 4.69) is 14.7 Å². The van der Waals surface area contributed by atoms with E-state index in [4.69, 9.17) is 11.0 Å². The Bertz CT molecular complexity index is 1030. The minimum atomic E-state index is -3.19. The van der Waals surface area contributed by atoms with Crippen molar-refractivity contribution in [3.63, 3.8) is 0 Å². The van der Waals surface area contributed by atoms with Crippen molar-refractivity contribution in [3.05, 3.63) is 35.9 Å². The molecule has 0 amide bonds. The third-order valence-electron chi connectivity index (χ3n) is 3.78. The standard InChI is InChI=1S/C16H13F3N6O/c1-24-7-22-13-10(24)5-12(23-15(13)21)25(2)14-9(17)3-8(6-20)4-11(14)26-16(18)19/h3-5,7,16H,1-2H3,(H2,21,23). The summed E-state index contributed by atoms with van der Waals surface area (Å²) in [6.45, 7) is -3.19. The predicted molar refractivity (Wildman–Crippen MR) is 88.7 cm³/mol. The van der Waals surface area contributed by atoms with Gasteiger partial charge < -0.3 is 19.9 Å². The molecule has 0 aliphatic rings. The van der Waals surface area contributed by atoms with Gasteiger partial charge in [-0.3, -0.25) is 0 Å². The number of nitrogens with two attached hydrogens (primary N) is 1. The molecule has 7 nitrogen and oxygen atoms in total. The Kier molecular flexibility index (Phi) is 4.29. The van der Waals surface area contributed by atoms with Gasteiger partial charge in [-0.25, -0.2) is 14.4 Å². The number of rotatable bonds is 4. The van der Waals surface area contributed by atoms with Gasteiger partial charge in [-0.2, -0.15) is 14.0 Å². The fourth-order valence-corrected chi connectivity index (χ4v) is 2.57. The van der Waals surface area contributed by atoms with Crippen LogP contribution < -0.4 is 15.4 Å². The third kappa shape index (κ3) is 2.95. The average molecular weight is 362 g/mol. The first-order valence-corrected chi connectivity index (χ1v) is 7.31. The smallest absolute Gasteiger partial charge is 0.387 e. The molecule has 2 N–H and O–H groups in total. The Morgan fingerprint density at radius 2 is 2.08 bits per heavy atom. The number of aromatic nitrogens is 3. The van der Waals surface area contributed by atoms with Gasteiger partial charge in [0.2, 0.25) is 0 Å². The third-order valence-corrected chi connectivity index (χ3v) is 3.78. The van der Waals surface area contributed by atoms with Gasteiger partial charge in [0.15, 0.2) is 17.4 Å². The Balaban J connectivity index is 2.17. The van der Waals surface area contributed by atoms with Crippen molar-refractivity contribution in [2.75, 3.05) is 17.7 Å². The highest BCUT2D eigenvalue weighted by Crippen LogP contribution is 2.37. The average Bonchev–Trinajstić information content (AvgIpc) is 2.95. The van der Waals surface area contributed by atoms with Crippen LogP contribution in [0.25, 0.3) is 11.0 Å². The summed E-state index contributed by atoms with van der Waals surface area (Å²) in [5, 5.41) is 8.92. The van der Waals surface area contributed by atoms with Crippen molar-refractivity contribution in [2.24, 2.45) is 7.05 Å². The molecule has 3 rings (SSSR count). The van der Waals surface area contributed by atoms with Crippen LogP contribution in [0.1, 0.15) is 5.56 Å². The predicted octanol–water partition coefficient (Wildman–Crippen LogP) is 2.93. The molecule has 134 valence electrons. The van der Waals surface area contributed by atoms with E-state index in [0.29, 0.717) is 11.0 Å². The number of ether oxygens (including phenoxy) is 1. The van der Waals surface area contributed by atoms with Crippen molar-refractivity contribution in [1.82, 2.24) is 14.5 Å². The summed E-state index contributed by atoms with van der Waals surface area (Å²) in [6.07, 6.45) is 1.54. The van der Waals surface area contributed by atoms with Crippen LogP contribution in [0.5, 0.6) is 5.75 Å². The Morgan fingerprint density at radius 1 is 1.35 bits per heavy atom. The van der Waals surface area contributed by atoms with Crippen LogP contribution in [0, 0.1) is 17.1 Å². The van der Waals surface area contributed by atoms with Gasteiger partial charge in [0.05, 0.1) is 23.5 Å². The van der Waals surface area contributed by atoms with Gasteiger partial charge in [0, 0.05) is 26.2 Å². The summed E-state index contributed by atoms with van der Waals surface area (Å²) in [4.78, 5) is 9.48. The molecule has 2 heterocycles. The summed E-state index contributed by atoms with van der Waals surface area (Å²) in [7, 11) is 3.17. The fraction of sp³-hybridized carbons (Fsp3) is 0.188. The lowest BCUT2D eigenvalue weighted by molar-refractivity contribution is -0.0495. The van der Waals surface area contributed by atoms with E-state index in [1.54, 1.807) is 30.1 Å². The second-order valence-corrected chi connectivity index (χ2v) is 5.44. The van der Waals surface area contributed by atoms with Gasteiger partial charge in [-0.05, 0) is 6.07 Å². The molecular formula is C16H13F3N6O. The number of benzene rings is 1. The number of alkyl halides is 2. The zero-order chi connectivity index (χ0) is 19.0. The second kappa shape index (κ2) is 6.44. The molecule has 0 unspecified atom stereocenters. The quantitative estimate of drug-likeness (QED) is 0.767. The van der Waals surface area contributed by atoms with E-state index in [1.807, 2.05) is 0 Å². The molecule has 10 heteroatoms. The molecule has 0 saturated carbocycles. The highest BCUT2D eigenvalue weighted by Gasteiger charge is 2.22. The number of fused-ring (bicyclic) bond motifs is 1. The zero-order valence-electron chi connectivity index (χ0n) is 13.7. The summed E-state index contributed by atoms with van der Waals surface area (Å²) >= 11 is 0. The first-order valence-electron chi connectivity index (χ1n) is 7.31. The number of imidazole rings is 1. The normalized spacial score (nSPS) is 11.0. The maximum Gasteiger partial charge on any atom is 0.387 e. The van der Waals surface area contributed by atoms with Gasteiger partial charge >= 0.3 is 6.61 Å². The van der Waals surface area contributed by atoms with Gasteiger partial charge in [0.25, 0.3) is 0 Å². The summed E-state index contributed by atoms with van der Waals surface area (Å²) in [5.74, 6) is -1.09. The maximum absolute atomic E-state index is 14.5. The lowest BCUT2D eigenvalue weighted by atomic mass is 10.1. The minimum absolute atomic E-state index is 0.107. The SMILES string of the molecule is CN(c1cc2c(ncn2C)c(N)n1)c1c(F)cc(C#N)cc1OC(F)F. The summed E-state index contributed by atoms with van der Waals surface area (Å²) in [6, 6.07) is 5.24. The van der Waals surface area contributed by atoms with E-state index in [9.17, 15) is 13.2 Å². The molecule has 0 spiro atoms. The molecule has 0 bridgehead atoms. The fourth-order valence-electron chi connectivity index (χ4n) is 2.57. The van der Waals surface area contributed by atoms with Crippen LogP contribution in [0.4, 0.5) is 30.5 Å². The largest absolute Gasteiger partial charge is 0.432 e. The van der Waals surface area contributed by atoms with Gasteiger partial charge in [-0.15, -0.1) is 0 Å². The molecule has 0 atom stereocenters. The number of nitrogen functional groups attached to an aromatic ring is 1. The first-order chi connectivity index (χ1) is 12.3. The lowest BCUT2D eigenvalue weighted by Gasteiger charge is -2.22. The van der Waals surface area contributed by atoms with Crippen LogP contribution in [-0.2, 0) is 7.05 Å². The van der Waals surface area contributed by atoms with Crippen molar-refractivity contribution < 1.29 is 17.9 Å². The van der Waals surface area contributed by atoms with Gasteiger partial charge in [-0.1, -0.05) is 0 Å². The lowest BCUT2D eigenvalue weighted by Crippen LogP contribution is -2.17. The number of halogens is 3. The van der Waals surface area contributed by atoms with E-state index < -0.39 is 18.2 Å². The monoisotopic (exact) mass is 362 g/mol. The molecular weight excluding hydrogens is 349 g/mol. The maximum atomic E-state index is 14.5. The Labute approximate surface area is 146 Å². The Hall–Kier alpha value is -3.48. The van der Waals surface area contributed by atoms with Crippen molar-refractivity contribution in [2.45, 2.75) is 6.61 Å². The van der Waals surface area contributed by atoms with Crippen molar-refractivity contribution in [1.29, 1.82) is 5.26 Å². The highest BCUT2D eigenvalue weighted by atomic mass is 19.3. The number of nitrogens with zero attached hydrogens (tertiary/aromatic N) is 5. The van der Waals surface area contributed by atoms with Crippen molar-refractivity contribution in [3.8, 4) is 11.8 Å². The molecule has 0 aliphatic heterocycles. The van der Waals surface area contributed by atoms with Crippen LogP contribution >= 0.6 is 0 Å². The molecule has 2 aromatic heterocycles. The number of nitriles is 1. The topological polar surface area (TPSA) is 93.0 Å². The molecule has 26 heavy (non-hydrogen) atoms. The van der Waals surface area contributed by atoms with Crippen molar-refractivity contribution >= 4 is 28.4 Å². The van der Waals surface area contributed by atoms with E-state index in [1.165, 1.54) is 11.9 Å². The van der Waals surface area contributed by atoms with Crippen LogP contribution in [0.3, 0.4) is 0 Å². The summed E-state index contributed by atoms with van der Waals surface area (Å²) in [5.41, 5.74) is 6.54. The molecule has 0 saturated heterocycles. The first kappa shape index (κ1) is 17.3. The zero-order valence-corrected chi connectivity index (χ0v) is 13.7. The van der Waals surface area contributed by atoms with E-state index in [0.717, 1.165) is 12.1 Å². The van der Waals surface area contributed by atoms with E-state index in [-0.39, 0.29) is 22.9 Å². The number of pyridine rings is 1. The van der Waals surface area contributed by atoms with E-state index >= 15 is 0 Å². The molecule has 3 aromatic rings. The highest BCUT2D eigenvalue weighted by molar-refractivity contribution is 5.88. The van der Waals surface area contributed by atoms with Gasteiger partial charge in [0.1, 0.15) is 17.0 Å². The second-order valence-electron chi connectivity index (χ2n) is 5.44. The number of hydrogen-bond donors (Lipinski definition) is 1. The summed E-state index contributed by atoms with van der Waals surface area (Å²) < 4.78 is 46.1. The van der Waals surface area contributed by atoms with Crippen LogP contribution in [0.2, 0.25) is 0 Å². The minimum Gasteiger partial charge on any atom is -0.432 e.